The molecule has 22 heavy (non-hydrogen) atoms. The highest BCUT2D eigenvalue weighted by Gasteiger charge is 2.26. The van der Waals surface area contributed by atoms with Gasteiger partial charge >= 0.3 is 0 Å². The molecule has 1 fully saturated rings. The first-order valence-electron chi connectivity index (χ1n) is 8.31. The maximum absolute atomic E-state index is 6.07. The van der Waals surface area contributed by atoms with Crippen LogP contribution >= 0.6 is 11.6 Å². The van der Waals surface area contributed by atoms with Crippen molar-refractivity contribution in [1.29, 1.82) is 0 Å². The number of nitrogens with one attached hydrogen (secondary N) is 2. The molecule has 0 aromatic rings. The second kappa shape index (κ2) is 11.4. The van der Waals surface area contributed by atoms with E-state index in [0.29, 0.717) is 6.61 Å². The molecule has 0 spiro atoms. The lowest BCUT2D eigenvalue weighted by Crippen LogP contribution is -2.54. The highest BCUT2D eigenvalue weighted by atomic mass is 35.5. The topological polar surface area (TPSA) is 62.6 Å². The first kappa shape index (κ1) is 19.9. The Bertz CT molecular complexity index is 325. The summed E-state index contributed by atoms with van der Waals surface area (Å²) in [6, 6.07) is -0.0301. The van der Waals surface area contributed by atoms with Gasteiger partial charge < -0.3 is 20.7 Å². The summed E-state index contributed by atoms with van der Waals surface area (Å²) in [6.45, 7) is 6.55. The fraction of sp³-hybridized carbons (Fsp3) is 0.875. The van der Waals surface area contributed by atoms with Crippen LogP contribution in [0.15, 0.2) is 11.6 Å². The zero-order chi connectivity index (χ0) is 16.4. The Morgan fingerprint density at radius 1 is 1.50 bits per heavy atom. The van der Waals surface area contributed by atoms with Gasteiger partial charge in [-0.05, 0) is 26.9 Å². The number of ether oxygens (including phenoxy) is 1. The number of nitrogens with two attached hydrogens (primary N) is 1. The van der Waals surface area contributed by atoms with E-state index in [9.17, 15) is 0 Å². The Labute approximate surface area is 140 Å². The smallest absolute Gasteiger partial charge is 0.123 e. The Kier molecular flexibility index (Phi) is 10.3. The van der Waals surface area contributed by atoms with Gasteiger partial charge in [0, 0.05) is 37.6 Å². The molecule has 130 valence electrons. The van der Waals surface area contributed by atoms with Crippen molar-refractivity contribution >= 4 is 11.6 Å². The van der Waals surface area contributed by atoms with E-state index in [1.807, 2.05) is 0 Å². The van der Waals surface area contributed by atoms with E-state index in [-0.39, 0.29) is 17.6 Å². The molecule has 1 saturated heterocycles. The zero-order valence-corrected chi connectivity index (χ0v) is 15.0. The molecule has 0 aliphatic carbocycles. The molecule has 3 atom stereocenters. The van der Waals surface area contributed by atoms with Crippen molar-refractivity contribution in [2.75, 3.05) is 46.9 Å². The third kappa shape index (κ3) is 8.46. The number of hydrogen-bond acceptors (Lipinski definition) is 5. The summed E-state index contributed by atoms with van der Waals surface area (Å²) >= 11 is 6.07. The second-order valence-electron chi connectivity index (χ2n) is 6.25. The van der Waals surface area contributed by atoms with E-state index in [2.05, 4.69) is 42.6 Å². The van der Waals surface area contributed by atoms with Gasteiger partial charge in [0.05, 0.1) is 6.61 Å². The molecule has 0 saturated carbocycles. The minimum atomic E-state index is -0.0872. The lowest BCUT2D eigenvalue weighted by Gasteiger charge is -2.32. The molecule has 1 rings (SSSR count). The van der Waals surface area contributed by atoms with Gasteiger partial charge in [-0.2, -0.15) is 0 Å². The third-order valence-corrected chi connectivity index (χ3v) is 4.10. The maximum Gasteiger partial charge on any atom is 0.123 e. The lowest BCUT2D eigenvalue weighted by molar-refractivity contribution is 0.0155. The average Bonchev–Trinajstić information content (AvgIpc) is 2.45. The van der Waals surface area contributed by atoms with Crippen LogP contribution in [0.4, 0.5) is 0 Å². The van der Waals surface area contributed by atoms with E-state index in [0.717, 1.165) is 45.4 Å². The molecule has 1 aliphatic rings. The number of piperidine rings is 1. The van der Waals surface area contributed by atoms with Crippen molar-refractivity contribution in [2.45, 2.75) is 43.8 Å². The summed E-state index contributed by atoms with van der Waals surface area (Å²) in [4.78, 5) is 2.18. The Morgan fingerprint density at radius 3 is 2.91 bits per heavy atom. The number of alkyl halides is 1. The van der Waals surface area contributed by atoms with Crippen LogP contribution in [0.1, 0.15) is 26.2 Å². The van der Waals surface area contributed by atoms with E-state index in [1.165, 1.54) is 5.57 Å². The van der Waals surface area contributed by atoms with E-state index in [1.54, 1.807) is 0 Å². The molecule has 0 bridgehead atoms. The Morgan fingerprint density at radius 2 is 2.27 bits per heavy atom. The monoisotopic (exact) mass is 332 g/mol. The second-order valence-corrected chi connectivity index (χ2v) is 6.87. The molecular weight excluding hydrogens is 300 g/mol. The van der Waals surface area contributed by atoms with Gasteiger partial charge in [0.15, 0.2) is 0 Å². The summed E-state index contributed by atoms with van der Waals surface area (Å²) in [5, 5.41) is 6.85. The van der Waals surface area contributed by atoms with Gasteiger partial charge in [-0.1, -0.05) is 25.0 Å². The maximum atomic E-state index is 6.07. The number of rotatable bonds is 10. The van der Waals surface area contributed by atoms with E-state index < -0.39 is 0 Å². The van der Waals surface area contributed by atoms with Crippen LogP contribution in [0.5, 0.6) is 0 Å². The summed E-state index contributed by atoms with van der Waals surface area (Å²) in [6.07, 6.45) is 5.16. The van der Waals surface area contributed by atoms with Gasteiger partial charge in [-0.3, -0.25) is 5.32 Å². The van der Waals surface area contributed by atoms with Crippen LogP contribution in [0.2, 0.25) is 0 Å². The Balaban J connectivity index is 2.29. The standard InChI is InChI=1S/C16H33ClN4O/c1-4-5-13(11-19-7-8-21(2)3)6-9-22-16-15(18)10-14(17)12-20-16/h6,14-16,19-20H,4-5,7-12,18H2,1-3H3/b13-6+/t14-,15+,16+/m1/s1. The number of halogens is 1. The normalized spacial score (nSPS) is 26.6. The molecule has 0 unspecified atom stereocenters. The summed E-state index contributed by atoms with van der Waals surface area (Å²) in [7, 11) is 4.17. The molecule has 1 aliphatic heterocycles. The summed E-state index contributed by atoms with van der Waals surface area (Å²) < 4.78 is 5.86. The first-order valence-corrected chi connectivity index (χ1v) is 8.74. The van der Waals surface area contributed by atoms with Gasteiger partial charge in [-0.15, -0.1) is 11.6 Å². The molecule has 0 aromatic carbocycles. The lowest BCUT2D eigenvalue weighted by atomic mass is 10.1. The van der Waals surface area contributed by atoms with Crippen LogP contribution in [0.25, 0.3) is 0 Å². The van der Waals surface area contributed by atoms with Crippen LogP contribution in [-0.2, 0) is 4.74 Å². The average molecular weight is 333 g/mol. The molecular formula is C16H33ClN4O. The Hall–Kier alpha value is -0.170. The van der Waals surface area contributed by atoms with E-state index in [4.69, 9.17) is 22.1 Å². The van der Waals surface area contributed by atoms with Gasteiger partial charge in [0.1, 0.15) is 6.23 Å². The quantitative estimate of drug-likeness (QED) is 0.318. The molecule has 0 aromatic heterocycles. The number of nitrogens with zero attached hydrogens (tertiary/aromatic N) is 1. The van der Waals surface area contributed by atoms with Crippen molar-refractivity contribution in [1.82, 2.24) is 15.5 Å². The SMILES string of the molecule is CCC/C(=C\CO[C@@H]1NC[C@H](Cl)C[C@@H]1N)CNCCN(C)C. The van der Waals surface area contributed by atoms with Gasteiger partial charge in [0.2, 0.25) is 0 Å². The molecule has 1 heterocycles. The third-order valence-electron chi connectivity index (χ3n) is 3.76. The van der Waals surface area contributed by atoms with Crippen LogP contribution in [-0.4, -0.2) is 69.4 Å². The number of likely N-dealkylation sites (N-methyl/N-ethyl adjacent to an activating group) is 1. The fourth-order valence-corrected chi connectivity index (χ4v) is 2.78. The van der Waals surface area contributed by atoms with Crippen molar-refractivity contribution in [3.63, 3.8) is 0 Å². The number of hydrogen-bond donors (Lipinski definition) is 3. The summed E-state index contributed by atoms with van der Waals surface area (Å²) in [5.74, 6) is 0. The van der Waals surface area contributed by atoms with Gasteiger partial charge in [0.25, 0.3) is 0 Å². The van der Waals surface area contributed by atoms with Crippen LogP contribution < -0.4 is 16.4 Å². The minimum absolute atomic E-state index is 0.0301. The van der Waals surface area contributed by atoms with Crippen LogP contribution in [0, 0.1) is 0 Å². The predicted octanol–water partition coefficient (Wildman–Crippen LogP) is 1.13. The van der Waals surface area contributed by atoms with Gasteiger partial charge in [-0.25, -0.2) is 0 Å². The zero-order valence-electron chi connectivity index (χ0n) is 14.3. The van der Waals surface area contributed by atoms with E-state index >= 15 is 0 Å². The fourth-order valence-electron chi connectivity index (χ4n) is 2.49. The highest BCUT2D eigenvalue weighted by molar-refractivity contribution is 6.20. The van der Waals surface area contributed by atoms with Crippen molar-refractivity contribution in [3.8, 4) is 0 Å². The first-order chi connectivity index (χ1) is 10.5. The minimum Gasteiger partial charge on any atom is -0.358 e. The molecule has 4 N–H and O–H groups in total. The molecule has 0 amide bonds. The molecule has 6 heteroatoms. The van der Waals surface area contributed by atoms with Crippen LogP contribution in [0.3, 0.4) is 0 Å². The highest BCUT2D eigenvalue weighted by Crippen LogP contribution is 2.13. The van der Waals surface area contributed by atoms with Crippen molar-refractivity contribution in [3.05, 3.63) is 11.6 Å². The van der Waals surface area contributed by atoms with Crippen molar-refractivity contribution in [2.24, 2.45) is 5.73 Å². The predicted molar refractivity (Wildman–Crippen MR) is 94.4 cm³/mol. The molecule has 0 radical (unpaired) electrons. The summed E-state index contributed by atoms with van der Waals surface area (Å²) in [5.41, 5.74) is 7.47. The largest absolute Gasteiger partial charge is 0.358 e. The molecule has 5 nitrogen and oxygen atoms in total. The van der Waals surface area contributed by atoms with Crippen molar-refractivity contribution < 1.29 is 4.74 Å².